The first-order chi connectivity index (χ1) is 14.0. The lowest BCUT2D eigenvalue weighted by Gasteiger charge is -2.47. The number of aliphatic hydroxyl groups excluding tert-OH is 2. The fourth-order valence-electron chi connectivity index (χ4n) is 5.15. The number of hydrogen-bond donors (Lipinski definition) is 2. The second kappa shape index (κ2) is 7.86. The van der Waals surface area contributed by atoms with Gasteiger partial charge in [0.05, 0.1) is 11.8 Å². The van der Waals surface area contributed by atoms with Gasteiger partial charge < -0.3 is 10.2 Å². The second-order valence-electron chi connectivity index (χ2n) is 10.8. The third-order valence-corrected chi connectivity index (χ3v) is 8.31. The number of fused-ring (bicyclic) bond motifs is 1. The van der Waals surface area contributed by atoms with Crippen LogP contribution in [0.5, 0.6) is 0 Å². The molecular weight excluding hydrogens is 485 g/mol. The lowest BCUT2D eigenvalue weighted by atomic mass is 9.59. The molecule has 1 unspecified atom stereocenters. The maximum Gasteiger partial charge on any atom is 0.107 e. The van der Waals surface area contributed by atoms with Gasteiger partial charge >= 0.3 is 0 Å². The van der Waals surface area contributed by atoms with E-state index in [1.165, 1.54) is 24.8 Å². The van der Waals surface area contributed by atoms with E-state index in [0.717, 1.165) is 44.5 Å². The van der Waals surface area contributed by atoms with Gasteiger partial charge in [0, 0.05) is 20.4 Å². The Morgan fingerprint density at radius 2 is 1.77 bits per heavy atom. The molecule has 0 bridgehead atoms. The minimum Gasteiger partial charge on any atom is -0.388 e. The molecule has 1 heterocycles. The van der Waals surface area contributed by atoms with Gasteiger partial charge in [0.15, 0.2) is 0 Å². The summed E-state index contributed by atoms with van der Waals surface area (Å²) in [7, 11) is 0. The summed E-state index contributed by atoms with van der Waals surface area (Å²) in [4.78, 5) is 5.08. The first-order valence-corrected chi connectivity index (χ1v) is 12.3. The van der Waals surface area contributed by atoms with E-state index in [1.807, 2.05) is 12.1 Å². The van der Waals surface area contributed by atoms with Gasteiger partial charge in [-0.2, -0.15) is 0 Å². The number of benzene rings is 1. The van der Waals surface area contributed by atoms with Gasteiger partial charge in [-0.3, -0.25) is 4.98 Å². The van der Waals surface area contributed by atoms with Crippen molar-refractivity contribution in [1.29, 1.82) is 0 Å². The van der Waals surface area contributed by atoms with Crippen LogP contribution in [0.1, 0.15) is 112 Å². The number of pyridine rings is 1. The number of aliphatic hydroxyl groups is 2. The highest BCUT2D eigenvalue weighted by atomic mass is 127. The van der Waals surface area contributed by atoms with Crippen LogP contribution in [0.4, 0.5) is 0 Å². The first-order valence-electron chi connectivity index (χ1n) is 11.2. The summed E-state index contributed by atoms with van der Waals surface area (Å²) in [5.74, 6) is 0.207. The van der Waals surface area contributed by atoms with E-state index in [4.69, 9.17) is 4.98 Å². The third kappa shape index (κ3) is 3.84. The van der Waals surface area contributed by atoms with Crippen molar-refractivity contribution in [3.63, 3.8) is 0 Å². The van der Waals surface area contributed by atoms with E-state index in [1.54, 1.807) is 0 Å². The molecule has 4 heteroatoms. The van der Waals surface area contributed by atoms with E-state index in [9.17, 15) is 10.2 Å². The Morgan fingerprint density at radius 1 is 1.13 bits per heavy atom. The molecule has 1 spiro atoms. The zero-order chi connectivity index (χ0) is 21.8. The summed E-state index contributed by atoms with van der Waals surface area (Å²) >= 11 is 2.34. The monoisotopic (exact) mass is 519 g/mol. The van der Waals surface area contributed by atoms with Crippen LogP contribution >= 0.6 is 22.6 Å². The van der Waals surface area contributed by atoms with Crippen molar-refractivity contribution >= 4 is 22.6 Å². The Morgan fingerprint density at radius 3 is 2.27 bits per heavy atom. The minimum absolute atomic E-state index is 0.0793. The molecule has 3 nitrogen and oxygen atoms in total. The molecular formula is C26H34INO2. The van der Waals surface area contributed by atoms with E-state index < -0.39 is 12.2 Å². The van der Waals surface area contributed by atoms with Crippen molar-refractivity contribution in [1.82, 2.24) is 4.98 Å². The summed E-state index contributed by atoms with van der Waals surface area (Å²) in [6, 6.07) is 8.29. The Hall–Kier alpha value is -0.980. The number of nitrogens with zero attached hydrogens (tertiary/aromatic N) is 1. The Balaban J connectivity index is 1.78. The molecule has 30 heavy (non-hydrogen) atoms. The molecule has 2 atom stereocenters. The van der Waals surface area contributed by atoms with Crippen molar-refractivity contribution in [2.45, 2.75) is 90.3 Å². The van der Waals surface area contributed by atoms with Crippen LogP contribution in [0, 0.1) is 8.99 Å². The maximum absolute atomic E-state index is 11.4. The van der Waals surface area contributed by atoms with Crippen molar-refractivity contribution in [3.8, 4) is 0 Å². The lowest BCUT2D eigenvalue weighted by Crippen LogP contribution is -2.38. The van der Waals surface area contributed by atoms with Crippen LogP contribution in [-0.2, 0) is 11.8 Å². The quantitative estimate of drug-likeness (QED) is 0.466. The van der Waals surface area contributed by atoms with Crippen LogP contribution in [0.25, 0.3) is 0 Å². The molecule has 162 valence electrons. The SMILES string of the molecule is CC(C)c1nc2c(c(I)c1[C@H](O)c1ccc(C(C)(C)C)cc1)C(O)CC1(CCC1)C2. The van der Waals surface area contributed by atoms with Gasteiger partial charge in [-0.1, -0.05) is 65.3 Å². The highest BCUT2D eigenvalue weighted by molar-refractivity contribution is 14.1. The van der Waals surface area contributed by atoms with E-state index in [0.29, 0.717) is 0 Å². The summed E-state index contributed by atoms with van der Waals surface area (Å²) < 4.78 is 0.996. The largest absolute Gasteiger partial charge is 0.388 e. The molecule has 4 rings (SSSR count). The zero-order valence-corrected chi connectivity index (χ0v) is 21.0. The smallest absolute Gasteiger partial charge is 0.107 e. The Bertz CT molecular complexity index is 939. The van der Waals surface area contributed by atoms with Gasteiger partial charge in [-0.25, -0.2) is 0 Å². The minimum atomic E-state index is -0.743. The molecule has 2 N–H and O–H groups in total. The molecule has 1 saturated carbocycles. The predicted octanol–water partition coefficient (Wildman–Crippen LogP) is 6.34. The van der Waals surface area contributed by atoms with Gasteiger partial charge in [0.1, 0.15) is 6.10 Å². The molecule has 1 aromatic heterocycles. The molecule has 2 aromatic rings. The van der Waals surface area contributed by atoms with Gasteiger partial charge in [0.2, 0.25) is 0 Å². The summed E-state index contributed by atoms with van der Waals surface area (Å²) in [5.41, 5.74) is 6.31. The third-order valence-electron chi connectivity index (χ3n) is 7.14. The fourth-order valence-corrected chi connectivity index (χ4v) is 6.40. The Labute approximate surface area is 194 Å². The number of aromatic nitrogens is 1. The van der Waals surface area contributed by atoms with Gasteiger partial charge in [0.25, 0.3) is 0 Å². The average molecular weight is 519 g/mol. The number of halogens is 1. The topological polar surface area (TPSA) is 53.4 Å². The molecule has 0 radical (unpaired) electrons. The van der Waals surface area contributed by atoms with Crippen molar-refractivity contribution < 1.29 is 10.2 Å². The van der Waals surface area contributed by atoms with E-state index in [2.05, 4.69) is 69.3 Å². The molecule has 2 aliphatic rings. The summed E-state index contributed by atoms with van der Waals surface area (Å²) in [6.45, 7) is 10.9. The Kier molecular flexibility index (Phi) is 5.82. The standard InChI is InChI=1S/C26H34INO2/c1-15(2)23-21(24(30)16-7-9-17(10-8-16)25(3,4)5)22(27)20-18(28-23)13-26(11-6-12-26)14-19(20)29/h7-10,15,19,24,29-30H,6,11-14H2,1-5H3/t19?,24-/m1/s1. The normalized spacial score (nSPS) is 21.4. The van der Waals surface area contributed by atoms with Crippen LogP contribution in [-0.4, -0.2) is 15.2 Å². The maximum atomic E-state index is 11.4. The van der Waals surface area contributed by atoms with Gasteiger partial charge in [-0.05, 0) is 76.1 Å². The first kappa shape index (κ1) is 22.2. The molecule has 0 aliphatic heterocycles. The van der Waals surface area contributed by atoms with Crippen molar-refractivity contribution in [3.05, 3.63) is 61.5 Å². The van der Waals surface area contributed by atoms with Crippen LogP contribution in [0.15, 0.2) is 24.3 Å². The van der Waals surface area contributed by atoms with Crippen molar-refractivity contribution in [2.75, 3.05) is 0 Å². The highest BCUT2D eigenvalue weighted by Gasteiger charge is 2.45. The molecule has 0 amide bonds. The van der Waals surface area contributed by atoms with E-state index >= 15 is 0 Å². The van der Waals surface area contributed by atoms with Crippen LogP contribution in [0.2, 0.25) is 0 Å². The molecule has 2 aliphatic carbocycles. The summed E-state index contributed by atoms with van der Waals surface area (Å²) in [6.07, 6.45) is 4.22. The van der Waals surface area contributed by atoms with Crippen LogP contribution < -0.4 is 0 Å². The molecule has 1 aromatic carbocycles. The highest BCUT2D eigenvalue weighted by Crippen LogP contribution is 2.54. The van der Waals surface area contributed by atoms with Gasteiger partial charge in [-0.15, -0.1) is 0 Å². The molecule has 1 fully saturated rings. The van der Waals surface area contributed by atoms with Crippen molar-refractivity contribution in [2.24, 2.45) is 5.41 Å². The zero-order valence-electron chi connectivity index (χ0n) is 18.8. The second-order valence-corrected chi connectivity index (χ2v) is 11.8. The van der Waals surface area contributed by atoms with E-state index in [-0.39, 0.29) is 16.7 Å². The fraction of sp³-hybridized carbons (Fsp3) is 0.577. The summed E-state index contributed by atoms with van der Waals surface area (Å²) in [5, 5.41) is 22.5. The van der Waals surface area contributed by atoms with Crippen LogP contribution in [0.3, 0.4) is 0 Å². The number of hydrogen-bond acceptors (Lipinski definition) is 3. The molecule has 0 saturated heterocycles. The number of rotatable bonds is 3. The lowest BCUT2D eigenvalue weighted by molar-refractivity contribution is 0.0236. The predicted molar refractivity (Wildman–Crippen MR) is 130 cm³/mol. The average Bonchev–Trinajstić information content (AvgIpc) is 2.64.